The largest absolute Gasteiger partial charge is 0.453 e. The lowest BCUT2D eigenvalue weighted by Gasteiger charge is -2.37. The molecule has 15 heteroatoms. The van der Waals surface area contributed by atoms with Crippen molar-refractivity contribution in [3.8, 4) is 21.8 Å². The molecule has 5 heterocycles. The van der Waals surface area contributed by atoms with E-state index in [1.165, 1.54) is 18.9 Å². The number of aromatic amines is 2. The third kappa shape index (κ3) is 6.80. The maximum atomic E-state index is 14.0. The molecule has 2 saturated carbocycles. The number of alkyl carbamates (subject to hydrolysis) is 2. The number of rotatable bonds is 10. The molecule has 3 aromatic heterocycles. The van der Waals surface area contributed by atoms with Crippen molar-refractivity contribution < 1.29 is 28.7 Å². The maximum absolute atomic E-state index is 14.0. The molecule has 4 fully saturated rings. The van der Waals surface area contributed by atoms with E-state index in [1.54, 1.807) is 11.3 Å². The van der Waals surface area contributed by atoms with Crippen LogP contribution in [0.3, 0.4) is 0 Å². The predicted octanol–water partition coefficient (Wildman–Crippen LogP) is 7.70. The van der Waals surface area contributed by atoms with Crippen LogP contribution < -0.4 is 10.6 Å². The molecule has 2 aliphatic heterocycles. The van der Waals surface area contributed by atoms with Gasteiger partial charge in [0.1, 0.15) is 23.7 Å². The van der Waals surface area contributed by atoms with E-state index in [0.717, 1.165) is 88.2 Å². The van der Waals surface area contributed by atoms with Gasteiger partial charge in [0.05, 0.1) is 55.0 Å². The fourth-order valence-electron chi connectivity index (χ4n) is 10.4. The average Bonchev–Trinajstić information content (AvgIpc) is 4.10. The summed E-state index contributed by atoms with van der Waals surface area (Å²) in [5.74, 6) is 1.77. The minimum atomic E-state index is -0.687. The number of hydrogen-bond acceptors (Lipinski definition) is 9. The first-order valence-corrected chi connectivity index (χ1v) is 21.7. The summed E-state index contributed by atoms with van der Waals surface area (Å²) in [5, 5.41) is 8.92. The van der Waals surface area contributed by atoms with Crippen LogP contribution in [0.15, 0.2) is 48.8 Å². The Labute approximate surface area is 346 Å². The van der Waals surface area contributed by atoms with Gasteiger partial charge in [0.25, 0.3) is 0 Å². The van der Waals surface area contributed by atoms with Gasteiger partial charge in [0.15, 0.2) is 0 Å². The third-order valence-electron chi connectivity index (χ3n) is 13.3. The molecule has 4 amide bonds. The van der Waals surface area contributed by atoms with Gasteiger partial charge < -0.3 is 39.9 Å². The molecule has 2 unspecified atom stereocenters. The number of piperidine rings is 2. The summed E-state index contributed by atoms with van der Waals surface area (Å²) in [5.41, 5.74) is 2.80. The molecule has 2 saturated heterocycles. The summed E-state index contributed by atoms with van der Waals surface area (Å²) in [6.07, 6.45) is 8.36. The number of amides is 4. The highest BCUT2D eigenvalue weighted by atomic mass is 32.1. The number of benzene rings is 2. The summed E-state index contributed by atoms with van der Waals surface area (Å²) >= 11 is 1.71. The number of hydrogen-bond donors (Lipinski definition) is 4. The third-order valence-corrected chi connectivity index (χ3v) is 14.5. The number of carbonyl (C=O) groups excluding carboxylic acids is 4. The van der Waals surface area contributed by atoms with Crippen molar-refractivity contribution in [2.24, 2.45) is 23.7 Å². The minimum Gasteiger partial charge on any atom is -0.453 e. The van der Waals surface area contributed by atoms with E-state index >= 15 is 0 Å². The summed E-state index contributed by atoms with van der Waals surface area (Å²) < 4.78 is 10.9. The first-order chi connectivity index (χ1) is 28.4. The molecule has 2 aliphatic carbocycles. The summed E-state index contributed by atoms with van der Waals surface area (Å²) in [6.45, 7) is 7.73. The lowest BCUT2D eigenvalue weighted by atomic mass is 9.95. The van der Waals surface area contributed by atoms with Crippen molar-refractivity contribution in [3.63, 3.8) is 0 Å². The first kappa shape index (κ1) is 39.0. The zero-order valence-electron chi connectivity index (χ0n) is 34.3. The van der Waals surface area contributed by atoms with Gasteiger partial charge in [0, 0.05) is 22.3 Å². The number of aromatic nitrogens is 4. The SMILES string of the molecule is COC(=O)N[C@H](C(=O)N1C(c2ncc(-c3ccc4c(ccc5cc(-c6cnc(C7[C@H]8CC[C@H](C8)N7C(=O)[C@@H](NC(=O)OC)C(C)C)[nH]6)sc54)c3)[nH]2)[C@H]2CC[C@@H]1C2)C(C)C. The zero-order valence-corrected chi connectivity index (χ0v) is 35.1. The average molecular weight is 821 g/mol. The number of imidazole rings is 2. The molecule has 9 rings (SSSR count). The van der Waals surface area contributed by atoms with Crippen LogP contribution in [-0.2, 0) is 19.1 Å². The maximum Gasteiger partial charge on any atom is 0.407 e. The van der Waals surface area contributed by atoms with E-state index in [-0.39, 0.29) is 47.8 Å². The molecule has 5 aromatic rings. The highest BCUT2D eigenvalue weighted by Crippen LogP contribution is 2.52. The first-order valence-electron chi connectivity index (χ1n) is 20.8. The van der Waals surface area contributed by atoms with E-state index in [4.69, 9.17) is 19.4 Å². The standard InChI is InChI=1S/C44H52N8O6S/c1-21(2)34(49-43(55)57-5)41(53)51-28-12-9-25(16-28)36(51)39-45-19-31(47-39)24-11-14-30-23(15-24)7-8-27-18-33(59-38(27)30)32-20-46-40(48-32)37-26-10-13-29(17-26)52(37)42(54)35(22(3)4)50-44(56)58-6/h7-8,11,14-15,18-22,25-26,28-29,34-37H,9-10,12-13,16-17H2,1-6H3,(H,45,47)(H,46,48)(H,49,55)(H,50,56)/t25-,26-,28+,29+,34-,35-,36?,37?/m0/s1. The molecule has 0 spiro atoms. The Balaban J connectivity index is 0.959. The molecule has 4 N–H and O–H groups in total. The molecule has 8 atom stereocenters. The van der Waals surface area contributed by atoms with Crippen molar-refractivity contribution in [1.29, 1.82) is 0 Å². The number of fused-ring (bicyclic) bond motifs is 7. The fourth-order valence-corrected chi connectivity index (χ4v) is 11.6. The smallest absolute Gasteiger partial charge is 0.407 e. The molecule has 59 heavy (non-hydrogen) atoms. The Morgan fingerprint density at radius 3 is 1.78 bits per heavy atom. The van der Waals surface area contributed by atoms with Gasteiger partial charge in [-0.15, -0.1) is 11.3 Å². The van der Waals surface area contributed by atoms with Gasteiger partial charge in [-0.25, -0.2) is 19.6 Å². The lowest BCUT2D eigenvalue weighted by molar-refractivity contribution is -0.140. The van der Waals surface area contributed by atoms with Crippen LogP contribution in [-0.4, -0.2) is 92.1 Å². The molecule has 2 aromatic carbocycles. The number of methoxy groups -OCH3 is 2. The van der Waals surface area contributed by atoms with Crippen LogP contribution in [0.25, 0.3) is 42.7 Å². The van der Waals surface area contributed by atoms with Gasteiger partial charge in [-0.05, 0) is 90.5 Å². The van der Waals surface area contributed by atoms with E-state index in [0.29, 0.717) is 11.8 Å². The van der Waals surface area contributed by atoms with Gasteiger partial charge in [-0.2, -0.15) is 0 Å². The van der Waals surface area contributed by atoms with Crippen molar-refractivity contribution in [2.75, 3.05) is 14.2 Å². The normalized spacial score (nSPS) is 24.4. The number of thiophene rings is 1. The second-order valence-electron chi connectivity index (χ2n) is 17.4. The second kappa shape index (κ2) is 15.3. The number of ether oxygens (including phenoxy) is 2. The van der Waals surface area contributed by atoms with E-state index in [9.17, 15) is 19.2 Å². The predicted molar refractivity (Wildman–Crippen MR) is 224 cm³/mol. The van der Waals surface area contributed by atoms with E-state index in [2.05, 4.69) is 57.0 Å². The highest BCUT2D eigenvalue weighted by Gasteiger charge is 2.53. The number of H-pyrrole nitrogens is 2. The molecule has 4 aliphatic rings. The Morgan fingerprint density at radius 2 is 1.24 bits per heavy atom. The van der Waals surface area contributed by atoms with E-state index in [1.807, 2.05) is 49.9 Å². The van der Waals surface area contributed by atoms with Gasteiger partial charge in [-0.1, -0.05) is 52.0 Å². The monoisotopic (exact) mass is 820 g/mol. The second-order valence-corrected chi connectivity index (χ2v) is 18.5. The fraction of sp³-hybridized carbons (Fsp3) is 0.500. The van der Waals surface area contributed by atoms with Crippen molar-refractivity contribution >= 4 is 56.2 Å². The van der Waals surface area contributed by atoms with Gasteiger partial charge in [0.2, 0.25) is 11.8 Å². The number of nitrogens with one attached hydrogen (secondary N) is 4. The van der Waals surface area contributed by atoms with Crippen LogP contribution in [0.2, 0.25) is 0 Å². The van der Waals surface area contributed by atoms with Crippen molar-refractivity contribution in [1.82, 2.24) is 40.4 Å². The molecule has 310 valence electrons. The van der Waals surface area contributed by atoms with Crippen LogP contribution in [0, 0.1) is 23.7 Å². The number of likely N-dealkylation sites (tertiary alicyclic amines) is 2. The number of carbonyl (C=O) groups is 4. The van der Waals surface area contributed by atoms with Gasteiger partial charge >= 0.3 is 12.2 Å². The Kier molecular flexibility index (Phi) is 10.1. The highest BCUT2D eigenvalue weighted by molar-refractivity contribution is 7.23. The summed E-state index contributed by atoms with van der Waals surface area (Å²) in [7, 11) is 2.62. The van der Waals surface area contributed by atoms with Crippen LogP contribution in [0.1, 0.15) is 90.0 Å². The molecule has 0 radical (unpaired) electrons. The topological polar surface area (TPSA) is 175 Å². The van der Waals surface area contributed by atoms with Gasteiger partial charge in [-0.3, -0.25) is 9.59 Å². The zero-order chi connectivity index (χ0) is 41.3. The molecule has 14 nitrogen and oxygen atoms in total. The number of nitrogens with zero attached hydrogens (tertiary/aromatic N) is 4. The molecule has 4 bridgehead atoms. The summed E-state index contributed by atoms with van der Waals surface area (Å²) in [4.78, 5) is 74.3. The van der Waals surface area contributed by atoms with Crippen LogP contribution in [0.4, 0.5) is 9.59 Å². The van der Waals surface area contributed by atoms with E-state index < -0.39 is 24.3 Å². The van der Waals surface area contributed by atoms with Crippen LogP contribution >= 0.6 is 11.3 Å². The Hall–Kier alpha value is -5.44. The Bertz CT molecular complexity index is 2440. The Morgan fingerprint density at radius 1 is 0.712 bits per heavy atom. The molecular weight excluding hydrogens is 769 g/mol. The lowest BCUT2D eigenvalue weighted by Crippen LogP contribution is -2.54. The quantitative estimate of drug-likeness (QED) is 0.111. The van der Waals surface area contributed by atoms with Crippen LogP contribution in [0.5, 0.6) is 0 Å². The van der Waals surface area contributed by atoms with Crippen molar-refractivity contribution in [3.05, 3.63) is 60.4 Å². The molecular formula is C44H52N8O6S. The summed E-state index contributed by atoms with van der Waals surface area (Å²) in [6, 6.07) is 11.5. The minimum absolute atomic E-state index is 0.0907. The van der Waals surface area contributed by atoms with Crippen molar-refractivity contribution in [2.45, 2.75) is 102 Å².